The average molecular weight is 254 g/mol. The summed E-state index contributed by atoms with van der Waals surface area (Å²) in [6.07, 6.45) is 1.72. The lowest BCUT2D eigenvalue weighted by atomic mass is 10.1. The third-order valence-electron chi connectivity index (χ3n) is 2.73. The lowest BCUT2D eigenvalue weighted by molar-refractivity contribution is 0.149. The van der Waals surface area contributed by atoms with E-state index in [1.54, 1.807) is 7.05 Å². The zero-order valence-electron chi connectivity index (χ0n) is 9.68. The Morgan fingerprint density at radius 1 is 1.33 bits per heavy atom. The molecule has 0 aliphatic carbocycles. The molecule has 18 heavy (non-hydrogen) atoms. The molecule has 1 atom stereocenters. The highest BCUT2D eigenvalue weighted by molar-refractivity contribution is 5.21. The molecule has 0 saturated carbocycles. The minimum atomic E-state index is -1.28. The van der Waals surface area contributed by atoms with Crippen LogP contribution in [0.4, 0.5) is 8.78 Å². The molecule has 2 aromatic rings. The van der Waals surface area contributed by atoms with Gasteiger partial charge in [-0.1, -0.05) is 12.1 Å². The van der Waals surface area contributed by atoms with E-state index < -0.39 is 17.7 Å². The Morgan fingerprint density at radius 2 is 2.06 bits per heavy atom. The molecular weight excluding hydrogens is 242 g/mol. The van der Waals surface area contributed by atoms with Crippen molar-refractivity contribution in [1.29, 1.82) is 0 Å². The summed E-state index contributed by atoms with van der Waals surface area (Å²) in [5.74, 6) is -2.11. The van der Waals surface area contributed by atoms with E-state index in [4.69, 9.17) is 0 Å². The SMILES string of the molecule is Cn1ccn(CC(O)c2cccc(F)c2F)c1=O. The van der Waals surface area contributed by atoms with Crippen LogP contribution in [0.2, 0.25) is 0 Å². The number of hydrogen-bond acceptors (Lipinski definition) is 2. The van der Waals surface area contributed by atoms with Gasteiger partial charge in [-0.3, -0.25) is 4.57 Å². The van der Waals surface area contributed by atoms with Crippen molar-refractivity contribution >= 4 is 0 Å². The van der Waals surface area contributed by atoms with Gasteiger partial charge in [0.1, 0.15) is 0 Å². The Morgan fingerprint density at radius 3 is 2.67 bits per heavy atom. The molecule has 0 aliphatic rings. The van der Waals surface area contributed by atoms with Crippen LogP contribution >= 0.6 is 0 Å². The summed E-state index contributed by atoms with van der Waals surface area (Å²) in [5.41, 5.74) is -0.489. The predicted octanol–water partition coefficient (Wildman–Crippen LogP) is 1.20. The zero-order chi connectivity index (χ0) is 13.3. The lowest BCUT2D eigenvalue weighted by Gasteiger charge is -2.12. The third kappa shape index (κ3) is 2.19. The number of halogens is 2. The van der Waals surface area contributed by atoms with Gasteiger partial charge in [0.2, 0.25) is 0 Å². The maximum Gasteiger partial charge on any atom is 0.327 e. The van der Waals surface area contributed by atoms with Crippen molar-refractivity contribution in [2.45, 2.75) is 12.6 Å². The van der Waals surface area contributed by atoms with Gasteiger partial charge < -0.3 is 9.67 Å². The topological polar surface area (TPSA) is 47.2 Å². The first-order valence-electron chi connectivity index (χ1n) is 5.34. The number of aromatic nitrogens is 2. The van der Waals surface area contributed by atoms with Crippen LogP contribution in [0.5, 0.6) is 0 Å². The van der Waals surface area contributed by atoms with Gasteiger partial charge in [-0.2, -0.15) is 0 Å². The zero-order valence-corrected chi connectivity index (χ0v) is 9.68. The predicted molar refractivity (Wildman–Crippen MR) is 61.0 cm³/mol. The summed E-state index contributed by atoms with van der Waals surface area (Å²) in [6, 6.07) is 3.57. The van der Waals surface area contributed by atoms with Crippen LogP contribution in [0.15, 0.2) is 35.4 Å². The molecule has 1 N–H and O–H groups in total. The molecular formula is C12H12F2N2O2. The molecule has 0 radical (unpaired) electrons. The van der Waals surface area contributed by atoms with Crippen molar-refractivity contribution in [2.24, 2.45) is 7.05 Å². The van der Waals surface area contributed by atoms with Crippen LogP contribution in [0.3, 0.4) is 0 Å². The molecule has 1 heterocycles. The number of imidazole rings is 1. The monoisotopic (exact) mass is 254 g/mol. The van der Waals surface area contributed by atoms with Crippen molar-refractivity contribution < 1.29 is 13.9 Å². The molecule has 4 nitrogen and oxygen atoms in total. The quantitative estimate of drug-likeness (QED) is 0.894. The molecule has 1 aromatic heterocycles. The number of rotatable bonds is 3. The number of aliphatic hydroxyl groups is 1. The van der Waals surface area contributed by atoms with Crippen molar-refractivity contribution in [3.05, 3.63) is 58.3 Å². The Kier molecular flexibility index (Phi) is 3.29. The first-order chi connectivity index (χ1) is 8.50. The summed E-state index contributed by atoms with van der Waals surface area (Å²) in [7, 11) is 1.56. The molecule has 6 heteroatoms. The number of benzene rings is 1. The normalized spacial score (nSPS) is 12.7. The Bertz CT molecular complexity index is 619. The van der Waals surface area contributed by atoms with Crippen molar-refractivity contribution in [1.82, 2.24) is 9.13 Å². The molecule has 1 unspecified atom stereocenters. The highest BCUT2D eigenvalue weighted by Crippen LogP contribution is 2.20. The van der Waals surface area contributed by atoms with E-state index in [9.17, 15) is 18.7 Å². The first kappa shape index (κ1) is 12.5. The standard InChI is InChI=1S/C12H12F2N2O2/c1-15-5-6-16(12(15)18)7-10(17)8-3-2-4-9(13)11(8)14/h2-6,10,17H,7H2,1H3. The van der Waals surface area contributed by atoms with Gasteiger partial charge in [-0.05, 0) is 6.07 Å². The minimum absolute atomic E-state index is 0.125. The molecule has 2 rings (SSSR count). The third-order valence-corrected chi connectivity index (χ3v) is 2.73. The van der Waals surface area contributed by atoms with E-state index in [-0.39, 0.29) is 17.8 Å². The van der Waals surface area contributed by atoms with Crippen LogP contribution in [-0.4, -0.2) is 14.2 Å². The van der Waals surface area contributed by atoms with E-state index in [2.05, 4.69) is 0 Å². The van der Waals surface area contributed by atoms with Crippen molar-refractivity contribution in [3.63, 3.8) is 0 Å². The molecule has 0 aliphatic heterocycles. The number of aliphatic hydroxyl groups excluding tert-OH is 1. The lowest BCUT2D eigenvalue weighted by Crippen LogP contribution is -2.24. The van der Waals surface area contributed by atoms with Gasteiger partial charge in [0.25, 0.3) is 0 Å². The minimum Gasteiger partial charge on any atom is -0.386 e. The van der Waals surface area contributed by atoms with Gasteiger partial charge in [0, 0.05) is 25.0 Å². The molecule has 0 spiro atoms. The maximum atomic E-state index is 13.4. The highest BCUT2D eigenvalue weighted by atomic mass is 19.2. The summed E-state index contributed by atoms with van der Waals surface area (Å²) < 4.78 is 29.0. The summed E-state index contributed by atoms with van der Waals surface area (Å²) in [6.45, 7) is -0.125. The van der Waals surface area contributed by atoms with E-state index in [1.807, 2.05) is 0 Å². The fourth-order valence-electron chi connectivity index (χ4n) is 1.71. The number of aryl methyl sites for hydroxylation is 1. The van der Waals surface area contributed by atoms with Crippen molar-refractivity contribution in [3.8, 4) is 0 Å². The maximum absolute atomic E-state index is 13.4. The molecule has 0 amide bonds. The Labute approximate surface area is 102 Å². The number of hydrogen-bond donors (Lipinski definition) is 1. The Hall–Kier alpha value is -1.95. The molecule has 1 aromatic carbocycles. The Balaban J connectivity index is 2.27. The van der Waals surface area contributed by atoms with E-state index >= 15 is 0 Å². The largest absolute Gasteiger partial charge is 0.386 e. The first-order valence-corrected chi connectivity index (χ1v) is 5.34. The van der Waals surface area contributed by atoms with Gasteiger partial charge in [0.15, 0.2) is 11.6 Å². The molecule has 0 saturated heterocycles. The van der Waals surface area contributed by atoms with Crippen LogP contribution in [-0.2, 0) is 13.6 Å². The van der Waals surface area contributed by atoms with E-state index in [1.165, 1.54) is 33.7 Å². The average Bonchev–Trinajstić information content (AvgIpc) is 2.64. The van der Waals surface area contributed by atoms with Gasteiger partial charge in [-0.25, -0.2) is 13.6 Å². The van der Waals surface area contributed by atoms with E-state index in [0.717, 1.165) is 6.07 Å². The number of nitrogens with zero attached hydrogens (tertiary/aromatic N) is 2. The van der Waals surface area contributed by atoms with Crippen LogP contribution < -0.4 is 5.69 Å². The van der Waals surface area contributed by atoms with Gasteiger partial charge in [0.05, 0.1) is 12.6 Å². The molecule has 0 bridgehead atoms. The second-order valence-corrected chi connectivity index (χ2v) is 4.00. The summed E-state index contributed by atoms with van der Waals surface area (Å²) in [5, 5.41) is 9.84. The van der Waals surface area contributed by atoms with Crippen LogP contribution in [0.1, 0.15) is 11.7 Å². The van der Waals surface area contributed by atoms with Gasteiger partial charge in [-0.15, -0.1) is 0 Å². The van der Waals surface area contributed by atoms with Crippen LogP contribution in [0.25, 0.3) is 0 Å². The summed E-state index contributed by atoms with van der Waals surface area (Å²) >= 11 is 0. The van der Waals surface area contributed by atoms with Crippen molar-refractivity contribution in [2.75, 3.05) is 0 Å². The fraction of sp³-hybridized carbons (Fsp3) is 0.250. The smallest absolute Gasteiger partial charge is 0.327 e. The second kappa shape index (κ2) is 4.73. The second-order valence-electron chi connectivity index (χ2n) is 4.00. The fourth-order valence-corrected chi connectivity index (χ4v) is 1.71. The highest BCUT2D eigenvalue weighted by Gasteiger charge is 2.17. The molecule has 0 fully saturated rings. The van der Waals surface area contributed by atoms with Gasteiger partial charge >= 0.3 is 5.69 Å². The van der Waals surface area contributed by atoms with E-state index in [0.29, 0.717) is 0 Å². The molecule has 96 valence electrons. The summed E-state index contributed by atoms with van der Waals surface area (Å²) in [4.78, 5) is 11.5. The van der Waals surface area contributed by atoms with Crippen LogP contribution in [0, 0.1) is 11.6 Å².